The van der Waals surface area contributed by atoms with E-state index in [2.05, 4.69) is 144 Å². The smallest absolute Gasteiger partial charge is 0.314 e. The molecular formula is C42H88O14Si11. The van der Waals surface area contributed by atoms with Crippen LogP contribution in [0.25, 0.3) is 0 Å². The first kappa shape index (κ1) is 62.5. The Balaban J connectivity index is 1.98. The third-order valence-corrected chi connectivity index (χ3v) is 52.1. The van der Waals surface area contributed by atoms with Crippen molar-refractivity contribution in [3.05, 3.63) is 59.7 Å². The van der Waals surface area contributed by atoms with Crippen LogP contribution in [0.5, 0.6) is 11.5 Å². The zero-order valence-corrected chi connectivity index (χ0v) is 56.7. The van der Waals surface area contributed by atoms with Gasteiger partial charge in [0.25, 0.3) is 0 Å². The number of carbonyl (C=O) groups excluding carboxylic acids is 2. The van der Waals surface area contributed by atoms with E-state index in [1.807, 2.05) is 48.5 Å². The summed E-state index contributed by atoms with van der Waals surface area (Å²) in [4.78, 5) is 22.6. The van der Waals surface area contributed by atoms with E-state index in [9.17, 15) is 9.59 Å². The summed E-state index contributed by atoms with van der Waals surface area (Å²) in [5, 5.41) is 0. The van der Waals surface area contributed by atoms with Crippen molar-refractivity contribution >= 4 is 106 Å². The average molecular weight is 1130 g/mol. The normalized spacial score (nSPS) is 14.3. The van der Waals surface area contributed by atoms with Crippen molar-refractivity contribution in [2.24, 2.45) is 0 Å². The van der Waals surface area contributed by atoms with Crippen molar-refractivity contribution in [1.82, 2.24) is 0 Å². The molecule has 0 aromatic heterocycles. The lowest BCUT2D eigenvalue weighted by Gasteiger charge is -2.45. The van der Waals surface area contributed by atoms with Crippen molar-refractivity contribution in [2.75, 3.05) is 0 Å². The van der Waals surface area contributed by atoms with Crippen molar-refractivity contribution in [3.63, 3.8) is 0 Å². The summed E-state index contributed by atoms with van der Waals surface area (Å²) in [5.41, 5.74) is 2.34. The van der Waals surface area contributed by atoms with Gasteiger partial charge in [-0.25, -0.2) is 0 Å². The minimum absolute atomic E-state index is 0.329. The minimum Gasteiger partial charge on any atom is -0.436 e. The maximum absolute atomic E-state index is 11.3. The lowest BCUT2D eigenvalue weighted by molar-refractivity contribution is -0.132. The molecule has 0 aliphatic heterocycles. The Morgan fingerprint density at radius 1 is 0.313 bits per heavy atom. The Kier molecular flexibility index (Phi) is 21.9. The fourth-order valence-corrected chi connectivity index (χ4v) is 65.0. The molecule has 25 heteroatoms. The molecule has 0 heterocycles. The maximum Gasteiger partial charge on any atom is 0.314 e. The number of rotatable bonds is 28. The summed E-state index contributed by atoms with van der Waals surface area (Å²) in [6, 6.07) is 17.2. The molecule has 0 spiro atoms. The zero-order chi connectivity index (χ0) is 51.9. The second-order valence-electron chi connectivity index (χ2n) is 22.6. The molecule has 14 nitrogen and oxygen atoms in total. The van der Waals surface area contributed by atoms with Gasteiger partial charge in [0.2, 0.25) is 0 Å². The lowest BCUT2D eigenvalue weighted by Crippen LogP contribution is -2.62. The van der Waals surface area contributed by atoms with E-state index in [-0.39, 0.29) is 11.9 Å². The summed E-state index contributed by atoms with van der Waals surface area (Å²) >= 11 is 0. The van der Waals surface area contributed by atoms with E-state index < -0.39 is 93.7 Å². The van der Waals surface area contributed by atoms with Gasteiger partial charge in [0.05, 0.1) is 0 Å². The van der Waals surface area contributed by atoms with Gasteiger partial charge in [0, 0.05) is 13.8 Å². The van der Waals surface area contributed by atoms with E-state index in [4.69, 9.17) is 50.6 Å². The van der Waals surface area contributed by atoms with Gasteiger partial charge in [-0.1, -0.05) is 24.3 Å². The number of benzene rings is 2. The molecule has 0 atom stereocenters. The van der Waals surface area contributed by atoms with Crippen LogP contribution >= 0.6 is 0 Å². The van der Waals surface area contributed by atoms with E-state index in [0.29, 0.717) is 11.5 Å². The van der Waals surface area contributed by atoms with Crippen LogP contribution in [0.1, 0.15) is 25.0 Å². The maximum atomic E-state index is 11.3. The molecule has 67 heavy (non-hydrogen) atoms. The van der Waals surface area contributed by atoms with Crippen LogP contribution in [0.4, 0.5) is 0 Å². The predicted molar refractivity (Wildman–Crippen MR) is 296 cm³/mol. The van der Waals surface area contributed by atoms with Crippen LogP contribution in [0.3, 0.4) is 0 Å². The molecular weight excluding hydrogens is 1040 g/mol. The second-order valence-corrected chi connectivity index (χ2v) is 64.0. The SMILES string of the molecule is CC(=O)Oc1ccc(CC[Si](C)(C)O[Si](C)(C)O[Si](C)(C)O[Si](C)(C)O[Si](C)(C)O[Si](C)(C)O[Si](C)(C)O[Si](C)(C)O[Si](C)(C)O[Si](C)(C)O[Si](C)(C)CCc2ccc(OC(C)=O)cc2)cc1. The van der Waals surface area contributed by atoms with E-state index in [1.165, 1.54) is 25.0 Å². The van der Waals surface area contributed by atoms with Gasteiger partial charge < -0.3 is 50.6 Å². The molecule has 2 rings (SSSR count). The molecule has 0 fully saturated rings. The van der Waals surface area contributed by atoms with Crippen LogP contribution in [0.15, 0.2) is 48.5 Å². The number of aryl methyl sites for hydroxylation is 2. The number of hydrogen-bond donors (Lipinski definition) is 0. The molecule has 0 saturated heterocycles. The number of esters is 2. The Hall–Kier alpha value is -0.634. The third kappa shape index (κ3) is 26.6. The first-order valence-corrected chi connectivity index (χ1v) is 54.9. The fraction of sp³-hybridized carbons (Fsp3) is 0.667. The highest BCUT2D eigenvalue weighted by Gasteiger charge is 2.51. The van der Waals surface area contributed by atoms with E-state index in [0.717, 1.165) is 24.9 Å². The molecule has 0 N–H and O–H groups in total. The molecule has 0 amide bonds. The fourth-order valence-electron chi connectivity index (χ4n) is 9.03. The Labute approximate surface area is 417 Å². The standard InChI is InChI=1S/C42H88O14Si11/c1-37(43)45-41-29-25-39(26-30-41)33-35-57(3,4)47-59(7,8)49-61(11,12)51-63(15,16)53-65(19,20)55-67(23,24)56-66(21,22)54-64(17,18)52-62(13,14)50-60(9,10)48-58(5,6)36-34-40-27-31-42(32-28-40)46-38(2)44/h25-32H,33-36H2,1-24H3. The molecule has 2 aromatic carbocycles. The van der Waals surface area contributed by atoms with Crippen molar-refractivity contribution in [1.29, 1.82) is 0 Å². The highest BCUT2D eigenvalue weighted by molar-refractivity contribution is 6.93. The zero-order valence-electron chi connectivity index (χ0n) is 45.7. The second kappa shape index (κ2) is 23.5. The van der Waals surface area contributed by atoms with E-state index in [1.54, 1.807) is 0 Å². The Bertz CT molecular complexity index is 1790. The Morgan fingerprint density at radius 2 is 0.493 bits per heavy atom. The van der Waals surface area contributed by atoms with Crippen LogP contribution in [0.2, 0.25) is 156 Å². The summed E-state index contributed by atoms with van der Waals surface area (Å²) in [5.74, 6) is 0.441. The van der Waals surface area contributed by atoms with Gasteiger partial charge in [-0.05, 0) is 204 Å². The quantitative estimate of drug-likeness (QED) is 0.0452. The average Bonchev–Trinajstić information content (AvgIpc) is 3.01. The molecule has 0 bridgehead atoms. The van der Waals surface area contributed by atoms with Gasteiger partial charge in [-0.2, -0.15) is 0 Å². The highest BCUT2D eigenvalue weighted by atomic mass is 28.5. The summed E-state index contributed by atoms with van der Waals surface area (Å²) in [7, 11) is -28.8. The van der Waals surface area contributed by atoms with Gasteiger partial charge >= 0.3 is 89.0 Å². The van der Waals surface area contributed by atoms with Gasteiger partial charge in [-0.3, -0.25) is 9.59 Å². The van der Waals surface area contributed by atoms with Gasteiger partial charge in [-0.15, -0.1) is 0 Å². The van der Waals surface area contributed by atoms with Gasteiger partial charge in [0.15, 0.2) is 16.6 Å². The molecule has 384 valence electrons. The van der Waals surface area contributed by atoms with Crippen LogP contribution < -0.4 is 9.47 Å². The largest absolute Gasteiger partial charge is 0.436 e. The summed E-state index contributed by atoms with van der Waals surface area (Å²) < 4.78 is 79.0. The lowest BCUT2D eigenvalue weighted by atomic mass is 10.2. The van der Waals surface area contributed by atoms with E-state index >= 15 is 0 Å². The number of hydrogen-bond acceptors (Lipinski definition) is 14. The van der Waals surface area contributed by atoms with Crippen LogP contribution in [-0.4, -0.2) is 106 Å². The monoisotopic (exact) mass is 1120 g/mol. The van der Waals surface area contributed by atoms with Crippen molar-refractivity contribution < 1.29 is 60.2 Å². The predicted octanol–water partition coefficient (Wildman–Crippen LogP) is 12.2. The first-order chi connectivity index (χ1) is 29.8. The topological polar surface area (TPSA) is 145 Å². The molecule has 2 aromatic rings. The molecule has 0 aliphatic carbocycles. The molecule has 0 radical (unpaired) electrons. The van der Waals surface area contributed by atoms with Gasteiger partial charge in [0.1, 0.15) is 11.5 Å². The van der Waals surface area contributed by atoms with Crippen LogP contribution in [-0.2, 0) is 63.6 Å². The van der Waals surface area contributed by atoms with Crippen LogP contribution in [0, 0.1) is 0 Å². The Morgan fingerprint density at radius 3 is 0.672 bits per heavy atom. The molecule has 0 aliphatic rings. The summed E-state index contributed by atoms with van der Waals surface area (Å²) in [6.07, 6.45) is 1.73. The molecule has 0 unspecified atom stereocenters. The van der Waals surface area contributed by atoms with Crippen molar-refractivity contribution in [3.8, 4) is 11.5 Å². The third-order valence-electron chi connectivity index (χ3n) is 9.38. The minimum atomic E-state index is -2.79. The molecule has 0 saturated carbocycles. The highest BCUT2D eigenvalue weighted by Crippen LogP contribution is 2.32. The first-order valence-electron chi connectivity index (χ1n) is 23.4. The summed E-state index contributed by atoms with van der Waals surface area (Å²) in [6.45, 7) is 49.1. The number of carbonyl (C=O) groups is 2. The number of ether oxygens (including phenoxy) is 2. The van der Waals surface area contributed by atoms with Crippen molar-refractivity contribution in [2.45, 2.75) is 183 Å².